The van der Waals surface area contributed by atoms with Crippen LogP contribution in [0.25, 0.3) is 21.7 Å². The highest BCUT2D eigenvalue weighted by molar-refractivity contribution is 6.08. The predicted octanol–water partition coefficient (Wildman–Crippen LogP) is 4.73. The van der Waals surface area contributed by atoms with Crippen molar-refractivity contribution in [2.45, 2.75) is 19.4 Å². The summed E-state index contributed by atoms with van der Waals surface area (Å²) in [5.41, 5.74) is 2.56. The molecule has 6 nitrogen and oxygen atoms in total. The third-order valence-corrected chi connectivity index (χ3v) is 5.40. The smallest absolute Gasteiger partial charge is 0.287 e. The Bertz CT molecular complexity index is 1320. The first kappa shape index (κ1) is 18.1. The maximum atomic E-state index is 13.2. The fourth-order valence-electron chi connectivity index (χ4n) is 3.85. The van der Waals surface area contributed by atoms with Crippen LogP contribution in [-0.2, 0) is 6.42 Å². The van der Waals surface area contributed by atoms with Crippen LogP contribution < -0.4 is 5.32 Å². The van der Waals surface area contributed by atoms with Crippen LogP contribution in [0.1, 0.15) is 33.5 Å². The van der Waals surface area contributed by atoms with Gasteiger partial charge in [0.25, 0.3) is 5.91 Å². The zero-order valence-electron chi connectivity index (χ0n) is 16.4. The van der Waals surface area contributed by atoms with Crippen LogP contribution >= 0.6 is 0 Å². The van der Waals surface area contributed by atoms with Crippen molar-refractivity contribution >= 4 is 27.6 Å². The van der Waals surface area contributed by atoms with Crippen LogP contribution in [0.5, 0.6) is 0 Å². The van der Waals surface area contributed by atoms with Crippen LogP contribution in [-0.4, -0.2) is 21.1 Å². The summed E-state index contributed by atoms with van der Waals surface area (Å²) < 4.78 is 6.10. The molecule has 0 aliphatic rings. The molecular formula is C24H20N4O2. The number of rotatable bonds is 5. The number of furan rings is 1. The number of nitrogens with zero attached hydrogens (tertiary/aromatic N) is 2. The molecule has 2 heterocycles. The van der Waals surface area contributed by atoms with Gasteiger partial charge in [0.05, 0.1) is 6.04 Å². The van der Waals surface area contributed by atoms with E-state index in [9.17, 15) is 4.79 Å². The summed E-state index contributed by atoms with van der Waals surface area (Å²) in [5.74, 6) is 0.789. The second kappa shape index (κ2) is 7.48. The van der Waals surface area contributed by atoms with Crippen LogP contribution in [0.15, 0.2) is 77.5 Å². The van der Waals surface area contributed by atoms with Crippen molar-refractivity contribution in [1.29, 1.82) is 0 Å². The number of benzene rings is 3. The molecule has 5 aromatic rings. The summed E-state index contributed by atoms with van der Waals surface area (Å²) >= 11 is 0. The molecule has 148 valence electrons. The topological polar surface area (TPSA) is 83.8 Å². The van der Waals surface area contributed by atoms with Gasteiger partial charge in [-0.1, -0.05) is 66.7 Å². The van der Waals surface area contributed by atoms with Crippen molar-refractivity contribution in [2.24, 2.45) is 0 Å². The number of aromatic nitrogens is 3. The Morgan fingerprint density at radius 3 is 2.63 bits per heavy atom. The molecule has 0 unspecified atom stereocenters. The Morgan fingerprint density at radius 1 is 1.03 bits per heavy atom. The molecule has 0 aliphatic heterocycles. The minimum atomic E-state index is -0.268. The zero-order chi connectivity index (χ0) is 20.5. The second-order valence-electron chi connectivity index (χ2n) is 7.29. The maximum absolute atomic E-state index is 13.2. The van der Waals surface area contributed by atoms with Crippen molar-refractivity contribution in [3.05, 3.63) is 95.8 Å². The van der Waals surface area contributed by atoms with Crippen molar-refractivity contribution in [3.8, 4) is 0 Å². The number of nitrogens with one attached hydrogen (secondary N) is 2. The molecule has 0 saturated heterocycles. The minimum Gasteiger partial charge on any atom is -0.450 e. The lowest BCUT2D eigenvalue weighted by atomic mass is 10.0. The average molecular weight is 396 g/mol. The van der Waals surface area contributed by atoms with Crippen molar-refractivity contribution in [2.75, 3.05) is 0 Å². The predicted molar refractivity (Wildman–Crippen MR) is 115 cm³/mol. The van der Waals surface area contributed by atoms with Gasteiger partial charge < -0.3 is 9.73 Å². The summed E-state index contributed by atoms with van der Waals surface area (Å²) in [7, 11) is 0. The number of hydrogen-bond acceptors (Lipinski definition) is 4. The first-order chi connectivity index (χ1) is 14.7. The highest BCUT2D eigenvalue weighted by Crippen LogP contribution is 2.32. The van der Waals surface area contributed by atoms with Gasteiger partial charge in [-0.05, 0) is 17.9 Å². The summed E-state index contributed by atoms with van der Waals surface area (Å²) in [6, 6.07) is 21.6. The first-order valence-electron chi connectivity index (χ1n) is 9.81. The van der Waals surface area contributed by atoms with Gasteiger partial charge in [0.15, 0.2) is 5.76 Å². The molecule has 0 bridgehead atoms. The molecular weight excluding hydrogens is 376 g/mol. The van der Waals surface area contributed by atoms with E-state index in [4.69, 9.17) is 4.42 Å². The van der Waals surface area contributed by atoms with E-state index < -0.39 is 0 Å². The zero-order valence-corrected chi connectivity index (χ0v) is 16.4. The fourth-order valence-corrected chi connectivity index (χ4v) is 3.85. The van der Waals surface area contributed by atoms with Gasteiger partial charge in [0.1, 0.15) is 17.7 Å². The Morgan fingerprint density at radius 2 is 1.83 bits per heavy atom. The third kappa shape index (κ3) is 3.22. The number of fused-ring (bicyclic) bond motifs is 3. The Balaban J connectivity index is 1.51. The molecule has 2 aromatic heterocycles. The number of amides is 1. The van der Waals surface area contributed by atoms with Gasteiger partial charge in [-0.15, -0.1) is 0 Å². The van der Waals surface area contributed by atoms with Crippen LogP contribution in [0.3, 0.4) is 0 Å². The van der Waals surface area contributed by atoms with Gasteiger partial charge in [-0.3, -0.25) is 9.89 Å². The molecule has 2 N–H and O–H groups in total. The summed E-state index contributed by atoms with van der Waals surface area (Å²) in [6.07, 6.45) is 1.96. The second-order valence-corrected chi connectivity index (χ2v) is 7.29. The summed E-state index contributed by atoms with van der Waals surface area (Å²) in [6.45, 7) is 1.92. The van der Waals surface area contributed by atoms with Gasteiger partial charge in [0, 0.05) is 22.8 Å². The van der Waals surface area contributed by atoms with Gasteiger partial charge in [-0.25, -0.2) is 4.98 Å². The lowest BCUT2D eigenvalue weighted by molar-refractivity contribution is 0.0909. The summed E-state index contributed by atoms with van der Waals surface area (Å²) in [5, 5.41) is 12.9. The molecule has 1 amide bonds. The Hall–Kier alpha value is -3.93. The number of aromatic amines is 1. The van der Waals surface area contributed by atoms with Crippen molar-refractivity contribution in [3.63, 3.8) is 0 Å². The van der Waals surface area contributed by atoms with Crippen molar-refractivity contribution < 1.29 is 9.21 Å². The largest absolute Gasteiger partial charge is 0.450 e. The fraction of sp³-hybridized carbons (Fsp3) is 0.125. The molecule has 0 radical (unpaired) electrons. The normalized spacial score (nSPS) is 12.3. The highest BCUT2D eigenvalue weighted by Gasteiger charge is 2.23. The van der Waals surface area contributed by atoms with E-state index in [2.05, 4.69) is 26.6 Å². The molecule has 0 spiro atoms. The number of carbonyl (C=O) groups is 1. The van der Waals surface area contributed by atoms with Crippen molar-refractivity contribution in [1.82, 2.24) is 20.5 Å². The van der Waals surface area contributed by atoms with E-state index in [1.807, 2.05) is 67.6 Å². The summed E-state index contributed by atoms with van der Waals surface area (Å²) in [4.78, 5) is 17.4. The van der Waals surface area contributed by atoms with E-state index >= 15 is 0 Å². The van der Waals surface area contributed by atoms with Gasteiger partial charge in [0.2, 0.25) is 0 Å². The first-order valence-corrected chi connectivity index (χ1v) is 9.81. The lowest BCUT2D eigenvalue weighted by Crippen LogP contribution is -2.30. The van der Waals surface area contributed by atoms with E-state index in [0.29, 0.717) is 18.0 Å². The molecule has 6 heteroatoms. The molecule has 1 atom stereocenters. The number of carbonyl (C=O) groups excluding carboxylic acids is 1. The monoisotopic (exact) mass is 396 g/mol. The Kier molecular flexibility index (Phi) is 4.52. The third-order valence-electron chi connectivity index (χ3n) is 5.40. The molecule has 5 rings (SSSR count). The molecule has 0 saturated carbocycles. The SMILES string of the molecule is Cc1c(C(=O)N[C@H](Cc2ncn[nH]2)c2ccccc2)oc2c1ccc1ccccc12. The van der Waals surface area contributed by atoms with E-state index in [-0.39, 0.29) is 11.9 Å². The lowest BCUT2D eigenvalue weighted by Gasteiger charge is -2.17. The number of hydrogen-bond donors (Lipinski definition) is 2. The molecule has 30 heavy (non-hydrogen) atoms. The van der Waals surface area contributed by atoms with Crippen LogP contribution in [0, 0.1) is 6.92 Å². The number of aryl methyl sites for hydroxylation is 1. The quantitative estimate of drug-likeness (QED) is 0.450. The van der Waals surface area contributed by atoms with Gasteiger partial charge in [-0.2, -0.15) is 5.10 Å². The highest BCUT2D eigenvalue weighted by atomic mass is 16.3. The van der Waals surface area contributed by atoms with Crippen LogP contribution in [0.4, 0.5) is 0 Å². The average Bonchev–Trinajstić information content (AvgIpc) is 3.42. The molecule has 0 aliphatic carbocycles. The Labute approximate surface area is 172 Å². The van der Waals surface area contributed by atoms with E-state index in [0.717, 1.165) is 32.9 Å². The maximum Gasteiger partial charge on any atom is 0.287 e. The molecule has 3 aromatic carbocycles. The standard InChI is InChI=1S/C24H20N4O2/c1-15-18-12-11-16-7-5-6-10-19(16)23(18)30-22(15)24(29)27-20(13-21-25-14-26-28-21)17-8-3-2-4-9-17/h2-12,14,20H,13H2,1H3,(H,27,29)(H,25,26,28)/t20-/m1/s1. The molecule has 0 fully saturated rings. The van der Waals surface area contributed by atoms with E-state index in [1.54, 1.807) is 0 Å². The minimum absolute atomic E-state index is 0.249. The van der Waals surface area contributed by atoms with Gasteiger partial charge >= 0.3 is 0 Å². The number of H-pyrrole nitrogens is 1. The van der Waals surface area contributed by atoms with Crippen LogP contribution in [0.2, 0.25) is 0 Å². The van der Waals surface area contributed by atoms with E-state index in [1.165, 1.54) is 6.33 Å².